The topological polar surface area (TPSA) is 95.1 Å². The molecule has 1 aromatic heterocycles. The Morgan fingerprint density at radius 3 is 2.89 bits per heavy atom. The van der Waals surface area contributed by atoms with E-state index in [-0.39, 0.29) is 19.0 Å². The Labute approximate surface area is 102 Å². The van der Waals surface area contributed by atoms with Crippen LogP contribution in [0.4, 0.5) is 0 Å². The number of hydroxylamine groups is 1. The van der Waals surface area contributed by atoms with E-state index in [0.717, 1.165) is 0 Å². The van der Waals surface area contributed by atoms with Gasteiger partial charge in [0.25, 0.3) is 0 Å². The van der Waals surface area contributed by atoms with Crippen LogP contribution >= 0.6 is 0 Å². The van der Waals surface area contributed by atoms with Crippen molar-refractivity contribution in [3.63, 3.8) is 0 Å². The summed E-state index contributed by atoms with van der Waals surface area (Å²) in [7, 11) is 0. The fourth-order valence-corrected chi connectivity index (χ4v) is 1.65. The molecule has 0 bridgehead atoms. The molecular formula is C12H12N2O4. The highest BCUT2D eigenvalue weighted by molar-refractivity contribution is 6.07. The lowest BCUT2D eigenvalue weighted by molar-refractivity contribution is 0.234. The van der Waals surface area contributed by atoms with Crippen LogP contribution in [0.5, 0.6) is 0 Å². The summed E-state index contributed by atoms with van der Waals surface area (Å²) in [4.78, 5) is 15.4. The predicted octanol–water partition coefficient (Wildman–Crippen LogP) is 0.511. The highest BCUT2D eigenvalue weighted by atomic mass is 16.5. The number of aliphatic imine (C=N–C) groups is 1. The van der Waals surface area contributed by atoms with Gasteiger partial charge in [-0.2, -0.15) is 0 Å². The molecule has 2 aromatic rings. The molecule has 0 amide bonds. The molecule has 6 heteroatoms. The number of nitrogens with zero attached hydrogens (tertiary/aromatic N) is 1. The maximum Gasteiger partial charge on any atom is 0.336 e. The van der Waals surface area contributed by atoms with Crippen molar-refractivity contribution in [1.82, 2.24) is 5.48 Å². The molecule has 0 aliphatic carbocycles. The van der Waals surface area contributed by atoms with E-state index in [0.29, 0.717) is 16.5 Å². The van der Waals surface area contributed by atoms with Gasteiger partial charge < -0.3 is 9.52 Å². The molecule has 3 N–H and O–H groups in total. The molecule has 0 unspecified atom stereocenters. The standard InChI is InChI=1S/C12H12N2O4/c15-6-5-13-12(14-17)9-7-11(16)18-10-4-2-1-3-8(9)10/h1-4,7,15,17H,5-6H2,(H,13,14). The molecule has 0 saturated heterocycles. The van der Waals surface area contributed by atoms with E-state index >= 15 is 0 Å². The predicted molar refractivity (Wildman–Crippen MR) is 65.9 cm³/mol. The Kier molecular flexibility index (Phi) is 3.71. The second-order valence-corrected chi connectivity index (χ2v) is 3.54. The summed E-state index contributed by atoms with van der Waals surface area (Å²) in [5, 5.41) is 18.4. The molecule has 94 valence electrons. The fraction of sp³-hybridized carbons (Fsp3) is 0.167. The zero-order valence-corrected chi connectivity index (χ0v) is 9.46. The number of para-hydroxylation sites is 1. The molecule has 0 radical (unpaired) electrons. The Bertz CT molecular complexity index is 633. The SMILES string of the molecule is O=c1cc(C(=NCCO)NO)c2ccccc2o1. The Morgan fingerprint density at radius 1 is 1.39 bits per heavy atom. The van der Waals surface area contributed by atoms with E-state index in [9.17, 15) is 4.79 Å². The van der Waals surface area contributed by atoms with Gasteiger partial charge in [-0.3, -0.25) is 15.7 Å². The van der Waals surface area contributed by atoms with Gasteiger partial charge in [-0.25, -0.2) is 4.79 Å². The lowest BCUT2D eigenvalue weighted by Crippen LogP contribution is -2.23. The van der Waals surface area contributed by atoms with Gasteiger partial charge in [0.1, 0.15) is 5.58 Å². The number of amidine groups is 1. The third kappa shape index (κ3) is 2.39. The van der Waals surface area contributed by atoms with Crippen molar-refractivity contribution in [2.24, 2.45) is 4.99 Å². The summed E-state index contributed by atoms with van der Waals surface area (Å²) < 4.78 is 5.03. The Hall–Kier alpha value is -2.18. The summed E-state index contributed by atoms with van der Waals surface area (Å²) in [6, 6.07) is 8.17. The molecule has 6 nitrogen and oxygen atoms in total. The second-order valence-electron chi connectivity index (χ2n) is 3.54. The normalized spacial score (nSPS) is 11.8. The van der Waals surface area contributed by atoms with Crippen molar-refractivity contribution in [2.45, 2.75) is 0 Å². The molecule has 0 aliphatic rings. The number of nitrogens with one attached hydrogen (secondary N) is 1. The van der Waals surface area contributed by atoms with Gasteiger partial charge in [0.2, 0.25) is 0 Å². The van der Waals surface area contributed by atoms with Gasteiger partial charge in [0, 0.05) is 17.0 Å². The van der Waals surface area contributed by atoms with Crippen LogP contribution < -0.4 is 11.1 Å². The number of aliphatic hydroxyl groups excluding tert-OH is 1. The van der Waals surface area contributed by atoms with E-state index in [1.165, 1.54) is 6.07 Å². The van der Waals surface area contributed by atoms with Crippen LogP contribution in [0.3, 0.4) is 0 Å². The summed E-state index contributed by atoms with van der Waals surface area (Å²) in [6.45, 7) is -0.0258. The van der Waals surface area contributed by atoms with Crippen molar-refractivity contribution in [3.05, 3.63) is 46.3 Å². The largest absolute Gasteiger partial charge is 0.423 e. The maximum atomic E-state index is 11.4. The van der Waals surface area contributed by atoms with E-state index < -0.39 is 5.63 Å². The van der Waals surface area contributed by atoms with E-state index in [1.54, 1.807) is 24.3 Å². The number of fused-ring (bicyclic) bond motifs is 1. The molecule has 0 aliphatic heterocycles. The van der Waals surface area contributed by atoms with E-state index in [1.807, 2.05) is 5.48 Å². The van der Waals surface area contributed by atoms with Crippen LogP contribution in [0.1, 0.15) is 5.56 Å². The average Bonchev–Trinajstić information content (AvgIpc) is 2.39. The van der Waals surface area contributed by atoms with Crippen LogP contribution in [0, 0.1) is 0 Å². The molecular weight excluding hydrogens is 236 g/mol. The summed E-state index contributed by atoms with van der Waals surface area (Å²) in [5.74, 6) is 0.119. The van der Waals surface area contributed by atoms with Gasteiger partial charge in [0.15, 0.2) is 5.84 Å². The number of hydrogen-bond donors (Lipinski definition) is 3. The molecule has 1 heterocycles. The third-order valence-electron chi connectivity index (χ3n) is 2.38. The van der Waals surface area contributed by atoms with Crippen LogP contribution in [0.2, 0.25) is 0 Å². The van der Waals surface area contributed by atoms with Gasteiger partial charge in [0.05, 0.1) is 13.2 Å². The first-order valence-corrected chi connectivity index (χ1v) is 5.35. The van der Waals surface area contributed by atoms with Crippen LogP contribution in [0.15, 0.2) is 44.5 Å². The first-order chi connectivity index (χ1) is 8.76. The Balaban J connectivity index is 2.65. The first kappa shape index (κ1) is 12.3. The first-order valence-electron chi connectivity index (χ1n) is 5.35. The zero-order chi connectivity index (χ0) is 13.0. The number of hydrogen-bond acceptors (Lipinski definition) is 5. The lowest BCUT2D eigenvalue weighted by atomic mass is 10.1. The molecule has 0 fully saturated rings. The number of benzene rings is 1. The number of aliphatic hydroxyl groups is 1. The zero-order valence-electron chi connectivity index (χ0n) is 9.46. The molecule has 0 atom stereocenters. The molecule has 0 saturated carbocycles. The van der Waals surface area contributed by atoms with Crippen LogP contribution in [-0.4, -0.2) is 29.3 Å². The minimum atomic E-state index is -0.532. The quantitative estimate of drug-likeness (QED) is 0.318. The van der Waals surface area contributed by atoms with Gasteiger partial charge in [-0.1, -0.05) is 18.2 Å². The summed E-state index contributed by atoms with van der Waals surface area (Å²) >= 11 is 0. The van der Waals surface area contributed by atoms with Crippen molar-refractivity contribution in [2.75, 3.05) is 13.2 Å². The van der Waals surface area contributed by atoms with Crippen molar-refractivity contribution in [3.8, 4) is 0 Å². The summed E-state index contributed by atoms with van der Waals surface area (Å²) in [6.07, 6.45) is 0. The summed E-state index contributed by atoms with van der Waals surface area (Å²) in [5.41, 5.74) is 2.24. The molecule has 0 spiro atoms. The molecule has 1 aromatic carbocycles. The van der Waals surface area contributed by atoms with Crippen molar-refractivity contribution < 1.29 is 14.7 Å². The lowest BCUT2D eigenvalue weighted by Gasteiger charge is -2.07. The highest BCUT2D eigenvalue weighted by Crippen LogP contribution is 2.16. The van der Waals surface area contributed by atoms with Crippen LogP contribution in [0.25, 0.3) is 11.0 Å². The van der Waals surface area contributed by atoms with Gasteiger partial charge in [-0.15, -0.1) is 0 Å². The molecule has 18 heavy (non-hydrogen) atoms. The monoisotopic (exact) mass is 248 g/mol. The maximum absolute atomic E-state index is 11.4. The smallest absolute Gasteiger partial charge is 0.336 e. The van der Waals surface area contributed by atoms with Crippen molar-refractivity contribution >= 4 is 16.8 Å². The fourth-order valence-electron chi connectivity index (χ4n) is 1.65. The van der Waals surface area contributed by atoms with E-state index in [2.05, 4.69) is 4.99 Å². The van der Waals surface area contributed by atoms with Gasteiger partial charge in [-0.05, 0) is 6.07 Å². The Morgan fingerprint density at radius 2 is 2.17 bits per heavy atom. The van der Waals surface area contributed by atoms with Crippen LogP contribution in [-0.2, 0) is 0 Å². The van der Waals surface area contributed by atoms with Gasteiger partial charge >= 0.3 is 5.63 Å². The number of rotatable bonds is 3. The van der Waals surface area contributed by atoms with E-state index in [4.69, 9.17) is 14.7 Å². The highest BCUT2D eigenvalue weighted by Gasteiger charge is 2.10. The third-order valence-corrected chi connectivity index (χ3v) is 2.38. The van der Waals surface area contributed by atoms with Crippen molar-refractivity contribution in [1.29, 1.82) is 0 Å². The minimum Gasteiger partial charge on any atom is -0.423 e. The molecule has 2 rings (SSSR count). The minimum absolute atomic E-state index is 0.119. The second kappa shape index (κ2) is 5.44. The average molecular weight is 248 g/mol.